The van der Waals surface area contributed by atoms with Crippen molar-refractivity contribution in [2.75, 3.05) is 5.73 Å². The Kier molecular flexibility index (Phi) is 8.92. The summed E-state index contributed by atoms with van der Waals surface area (Å²) < 4.78 is 38.1. The van der Waals surface area contributed by atoms with Crippen molar-refractivity contribution in [1.82, 2.24) is 44.9 Å². The van der Waals surface area contributed by atoms with E-state index in [1.54, 1.807) is 36.8 Å². The fraction of sp³-hybridized carbons (Fsp3) is 0. The Bertz CT molecular complexity index is 2380. The molecule has 6 heterocycles. The van der Waals surface area contributed by atoms with E-state index in [9.17, 15) is 18.9 Å². The van der Waals surface area contributed by atoms with Gasteiger partial charge in [0.15, 0.2) is 23.1 Å². The lowest BCUT2D eigenvalue weighted by atomic mass is 10.3. The molecule has 8 aromatic rings. The minimum Gasteiger partial charge on any atom is -0.435 e. The zero-order chi connectivity index (χ0) is 33.6. The first kappa shape index (κ1) is 31.2. The van der Waals surface area contributed by atoms with E-state index in [4.69, 9.17) is 26.8 Å². The first-order valence-corrected chi connectivity index (χ1v) is 14.0. The van der Waals surface area contributed by atoms with Gasteiger partial charge in [0.25, 0.3) is 5.69 Å². The van der Waals surface area contributed by atoms with E-state index in [0.717, 1.165) is 23.2 Å². The van der Waals surface area contributed by atoms with Gasteiger partial charge in [-0.3, -0.25) is 10.1 Å². The van der Waals surface area contributed by atoms with Crippen molar-refractivity contribution in [2.24, 2.45) is 0 Å². The lowest BCUT2D eigenvalue weighted by Crippen LogP contribution is -1.94. The van der Waals surface area contributed by atoms with Gasteiger partial charge in [-0.2, -0.15) is 0 Å². The summed E-state index contributed by atoms with van der Waals surface area (Å²) in [7, 11) is 0. The number of nitrogens with zero attached hydrogens (tertiary/aromatic N) is 7. The number of aromatic amines is 3. The van der Waals surface area contributed by atoms with Gasteiger partial charge in [-0.25, -0.2) is 38.7 Å². The highest BCUT2D eigenvalue weighted by Crippen LogP contribution is 2.30. The summed E-state index contributed by atoms with van der Waals surface area (Å²) in [5.41, 5.74) is 7.43. The summed E-state index contributed by atoms with van der Waals surface area (Å²) >= 11 is 5.73. The molecule has 0 radical (unpaired) electrons. The van der Waals surface area contributed by atoms with Crippen LogP contribution < -0.4 is 15.2 Å². The molecule has 18 heteroatoms. The van der Waals surface area contributed by atoms with Crippen molar-refractivity contribution in [3.05, 3.63) is 119 Å². The molecule has 0 aliphatic rings. The Balaban J connectivity index is 0.000000132. The van der Waals surface area contributed by atoms with Crippen molar-refractivity contribution in [3.63, 3.8) is 0 Å². The van der Waals surface area contributed by atoms with Gasteiger partial charge < -0.3 is 30.2 Å². The smallest absolute Gasteiger partial charge is 0.272 e. The molecule has 15 nitrogen and oxygen atoms in total. The third-order valence-corrected chi connectivity index (χ3v) is 6.74. The van der Waals surface area contributed by atoms with Crippen molar-refractivity contribution in [3.8, 4) is 23.3 Å². The summed E-state index contributed by atoms with van der Waals surface area (Å²) in [4.78, 5) is 42.2. The number of nitro groups is 1. The van der Waals surface area contributed by atoms with Crippen LogP contribution in [0.4, 0.5) is 20.2 Å². The molecule has 2 aromatic carbocycles. The van der Waals surface area contributed by atoms with Crippen LogP contribution in [-0.4, -0.2) is 49.8 Å². The van der Waals surface area contributed by atoms with Crippen LogP contribution in [0.15, 0.2) is 92.2 Å². The number of halogens is 3. The van der Waals surface area contributed by atoms with Gasteiger partial charge in [-0.05, 0) is 36.4 Å². The minimum atomic E-state index is -0.832. The second-order valence-electron chi connectivity index (χ2n) is 9.51. The fourth-order valence-electron chi connectivity index (χ4n) is 4.19. The summed E-state index contributed by atoms with van der Waals surface area (Å²) in [6.45, 7) is 0. The number of nitrogens with two attached hydrogens (primary N) is 1. The highest BCUT2D eigenvalue weighted by molar-refractivity contribution is 6.33. The fourth-order valence-corrected chi connectivity index (χ4v) is 4.39. The zero-order valence-corrected chi connectivity index (χ0v) is 24.9. The summed E-state index contributed by atoms with van der Waals surface area (Å²) in [5.74, 6) is -0.963. The average Bonchev–Trinajstić information content (AvgIpc) is 3.86. The van der Waals surface area contributed by atoms with Gasteiger partial charge in [-0.15, -0.1) is 0 Å². The molecule has 0 saturated carbocycles. The number of H-pyrrole nitrogens is 3. The number of benzene rings is 2. The molecule has 0 amide bonds. The Labute approximate surface area is 272 Å². The first-order chi connectivity index (χ1) is 23.3. The molecule has 5 N–H and O–H groups in total. The number of rotatable bonds is 5. The van der Waals surface area contributed by atoms with Crippen LogP contribution in [0.1, 0.15) is 0 Å². The predicted molar refractivity (Wildman–Crippen MR) is 171 cm³/mol. The quantitative estimate of drug-likeness (QED) is 0.0640. The number of hydrogen-bond acceptors (Lipinski definition) is 11. The van der Waals surface area contributed by atoms with Crippen LogP contribution in [0.3, 0.4) is 0 Å². The minimum absolute atomic E-state index is 0.0744. The Morgan fingerprint density at radius 3 is 1.65 bits per heavy atom. The maximum Gasteiger partial charge on any atom is 0.272 e. The molecule has 0 bridgehead atoms. The summed E-state index contributed by atoms with van der Waals surface area (Å²) in [6.07, 6.45) is 9.21. The number of anilines is 1. The van der Waals surface area contributed by atoms with Crippen molar-refractivity contribution in [2.45, 2.75) is 0 Å². The molecule has 0 unspecified atom stereocenters. The first-order valence-electron chi connectivity index (χ1n) is 13.6. The van der Waals surface area contributed by atoms with Gasteiger partial charge >= 0.3 is 0 Å². The Morgan fingerprint density at radius 2 is 1.15 bits per heavy atom. The van der Waals surface area contributed by atoms with Gasteiger partial charge in [0, 0.05) is 36.4 Å². The molecular formula is C30H20ClF2N11O4. The largest absolute Gasteiger partial charge is 0.435 e. The number of nitro benzene ring substituents is 1. The molecule has 0 saturated heterocycles. The topological polar surface area (TPSA) is 212 Å². The number of fused-ring (bicyclic) bond motifs is 3. The Morgan fingerprint density at radius 1 is 0.667 bits per heavy atom. The number of ether oxygens (including phenoxy) is 2. The number of nitrogens with one attached hydrogen (secondary N) is 3. The molecule has 0 aliphatic carbocycles. The van der Waals surface area contributed by atoms with Gasteiger partial charge in [0.2, 0.25) is 11.8 Å². The number of nitrogen functional groups attached to an aromatic ring is 1. The number of aromatic nitrogens is 9. The number of non-ortho nitro benzene ring substituents is 1. The molecule has 0 fully saturated rings. The van der Waals surface area contributed by atoms with Crippen LogP contribution in [0, 0.1) is 21.7 Å². The van der Waals surface area contributed by atoms with Crippen LogP contribution in [0.25, 0.3) is 33.1 Å². The maximum atomic E-state index is 13.7. The van der Waals surface area contributed by atoms with Gasteiger partial charge in [0.05, 0.1) is 27.1 Å². The van der Waals surface area contributed by atoms with Gasteiger partial charge in [0.1, 0.15) is 41.1 Å². The average molecular weight is 672 g/mol. The van der Waals surface area contributed by atoms with Crippen LogP contribution in [-0.2, 0) is 0 Å². The van der Waals surface area contributed by atoms with Crippen LogP contribution in [0.5, 0.6) is 23.3 Å². The molecule has 6 aromatic heterocycles. The van der Waals surface area contributed by atoms with Crippen molar-refractivity contribution < 1.29 is 23.2 Å². The third-order valence-electron chi connectivity index (χ3n) is 6.44. The molecule has 0 aliphatic heterocycles. The summed E-state index contributed by atoms with van der Waals surface area (Å²) in [5, 5.41) is 13.2. The maximum absolute atomic E-state index is 13.7. The van der Waals surface area contributed by atoms with E-state index >= 15 is 0 Å². The molecule has 240 valence electrons. The van der Waals surface area contributed by atoms with E-state index in [2.05, 4.69) is 44.9 Å². The highest BCUT2D eigenvalue weighted by atomic mass is 35.5. The molecule has 0 spiro atoms. The van der Waals surface area contributed by atoms with E-state index in [0.29, 0.717) is 38.8 Å². The standard InChI is InChI=1S/C12H7FN4O3.C12H9FN4O.C6H4ClN3/c13-9-5-7(17(18)19)1-2-10(9)20-12-8-3-4-14-11(8)15-6-16-12;13-9-5-7(14)1-2-10(9)18-12-8-3-4-15-11(8)16-6-17-12;7-5-4-1-2-8-6(4)10-3-9-5/h1-6H,(H,14,15,16);1-6H,14H2,(H,15,16,17);1-3H,(H,8,9,10). The normalized spacial score (nSPS) is 10.6. The molecular weight excluding hydrogens is 652 g/mol. The summed E-state index contributed by atoms with van der Waals surface area (Å²) in [6, 6.07) is 12.7. The third kappa shape index (κ3) is 6.90. The van der Waals surface area contributed by atoms with E-state index in [1.165, 1.54) is 37.2 Å². The van der Waals surface area contributed by atoms with E-state index in [-0.39, 0.29) is 23.1 Å². The SMILES string of the molecule is Clc1ncnc2[nH]ccc12.Nc1ccc(Oc2ncnc3[nH]ccc23)c(F)c1.O=[N+]([O-])c1ccc(Oc2ncnc3[nH]ccc23)c(F)c1. The zero-order valence-electron chi connectivity index (χ0n) is 24.1. The van der Waals surface area contributed by atoms with Crippen LogP contribution in [0.2, 0.25) is 5.15 Å². The second kappa shape index (κ2) is 13.7. The Hall–Kier alpha value is -6.75. The van der Waals surface area contributed by atoms with Crippen molar-refractivity contribution in [1.29, 1.82) is 0 Å². The molecule has 48 heavy (non-hydrogen) atoms. The van der Waals surface area contributed by atoms with Gasteiger partial charge in [-0.1, -0.05) is 11.6 Å². The molecule has 0 atom stereocenters. The van der Waals surface area contributed by atoms with Crippen LogP contribution >= 0.6 is 11.6 Å². The predicted octanol–water partition coefficient (Wildman–Crippen LogP) is 6.88. The van der Waals surface area contributed by atoms with E-state index < -0.39 is 16.6 Å². The highest BCUT2D eigenvalue weighted by Gasteiger charge is 2.15. The molecule has 8 rings (SSSR count). The second-order valence-corrected chi connectivity index (χ2v) is 9.87. The van der Waals surface area contributed by atoms with E-state index in [1.807, 2.05) is 6.07 Å². The lowest BCUT2D eigenvalue weighted by Gasteiger charge is -2.06. The van der Waals surface area contributed by atoms with Crippen molar-refractivity contribution >= 4 is 56.1 Å². The lowest BCUT2D eigenvalue weighted by molar-refractivity contribution is -0.385. The monoisotopic (exact) mass is 671 g/mol. The number of hydrogen-bond donors (Lipinski definition) is 4.